The molecule has 2 bridgehead atoms. The highest BCUT2D eigenvalue weighted by molar-refractivity contribution is 5.92. The van der Waals surface area contributed by atoms with Crippen molar-refractivity contribution in [3.8, 4) is 0 Å². The topological polar surface area (TPSA) is 115 Å². The van der Waals surface area contributed by atoms with Crippen LogP contribution in [0.1, 0.15) is 72.3 Å². The fourth-order valence-electron chi connectivity index (χ4n) is 5.24. The third-order valence-electron chi connectivity index (χ3n) is 7.06. The molecular weight excluding hydrogens is 480 g/mol. The number of nitrogens with zero attached hydrogens (tertiary/aromatic N) is 1. The Morgan fingerprint density at radius 1 is 1.13 bits per heavy atom. The van der Waals surface area contributed by atoms with E-state index in [0.29, 0.717) is 19.4 Å². The van der Waals surface area contributed by atoms with Crippen LogP contribution in [-0.2, 0) is 32.1 Å². The number of ether oxygens (including phenoxy) is 1. The molecule has 4 N–H and O–H groups in total. The molecule has 3 rings (SSSR count). The highest BCUT2D eigenvalue weighted by atomic mass is 16.6. The molecular formula is C30H46N4O4. The summed E-state index contributed by atoms with van der Waals surface area (Å²) in [4.78, 5) is 40.1. The minimum Gasteiger partial charge on any atom is -0.460 e. The molecule has 8 heteroatoms. The second kappa shape index (κ2) is 13.3. The van der Waals surface area contributed by atoms with Crippen LogP contribution in [0, 0.1) is 17.8 Å². The summed E-state index contributed by atoms with van der Waals surface area (Å²) < 4.78 is 7.86. The van der Waals surface area contributed by atoms with Crippen molar-refractivity contribution in [2.75, 3.05) is 13.1 Å². The van der Waals surface area contributed by atoms with Crippen LogP contribution < -0.4 is 16.4 Å². The first-order chi connectivity index (χ1) is 18.0. The van der Waals surface area contributed by atoms with Crippen molar-refractivity contribution in [3.05, 3.63) is 36.0 Å². The zero-order valence-electron chi connectivity index (χ0n) is 23.7. The first kappa shape index (κ1) is 29.7. The van der Waals surface area contributed by atoms with Gasteiger partial charge in [-0.05, 0) is 57.6 Å². The van der Waals surface area contributed by atoms with Gasteiger partial charge >= 0.3 is 5.97 Å². The van der Waals surface area contributed by atoms with Gasteiger partial charge in [-0.3, -0.25) is 14.4 Å². The quantitative estimate of drug-likeness (QED) is 0.473. The SMILES string of the molecule is CC(C)C[C@@H](C(=O)NC1Cc2cn(c3ccccc23)CCCCCCNC1=O)C(CN)C(=O)OC(C)(C)C. The Hall–Kier alpha value is -2.87. The number of hydrogen-bond donors (Lipinski definition) is 3. The minimum absolute atomic E-state index is 0.00985. The van der Waals surface area contributed by atoms with Gasteiger partial charge in [0.25, 0.3) is 0 Å². The standard InChI is InChI=1S/C30H46N4O4/c1-20(2)16-23(24(18-31)29(37)38-30(3,4)5)27(35)33-25-17-21-19-34(26-13-9-8-12-22(21)26)15-11-7-6-10-14-32-28(25)36/h8-9,12-13,19-20,23-25H,6-7,10-11,14-18,31H2,1-5H3,(H,32,36)(H,33,35)/t23-,24?,25?/m1/s1. The van der Waals surface area contributed by atoms with Crippen LogP contribution in [0.25, 0.3) is 10.9 Å². The Balaban J connectivity index is 1.91. The van der Waals surface area contributed by atoms with Crippen molar-refractivity contribution in [1.82, 2.24) is 15.2 Å². The Morgan fingerprint density at radius 2 is 1.84 bits per heavy atom. The number of benzene rings is 1. The average Bonchev–Trinajstić information content (AvgIpc) is 3.18. The molecule has 0 spiro atoms. The van der Waals surface area contributed by atoms with Crippen molar-refractivity contribution < 1.29 is 19.1 Å². The average molecular weight is 527 g/mol. The molecule has 0 saturated carbocycles. The van der Waals surface area contributed by atoms with Crippen molar-refractivity contribution in [2.24, 2.45) is 23.5 Å². The Labute approximate surface area is 227 Å². The number of rotatable bonds is 7. The molecule has 1 aliphatic rings. The number of aryl methyl sites for hydroxylation is 1. The first-order valence-electron chi connectivity index (χ1n) is 14.1. The van der Waals surface area contributed by atoms with Crippen LogP contribution in [-0.4, -0.2) is 47.1 Å². The largest absolute Gasteiger partial charge is 0.460 e. The van der Waals surface area contributed by atoms with E-state index < -0.39 is 29.4 Å². The predicted octanol–water partition coefficient (Wildman–Crippen LogP) is 3.94. The summed E-state index contributed by atoms with van der Waals surface area (Å²) in [5.41, 5.74) is 7.49. The molecule has 2 aromatic rings. The molecule has 1 aliphatic heterocycles. The lowest BCUT2D eigenvalue weighted by molar-refractivity contribution is -0.163. The number of nitrogens with two attached hydrogens (primary N) is 1. The summed E-state index contributed by atoms with van der Waals surface area (Å²) in [6.45, 7) is 10.9. The van der Waals surface area contributed by atoms with E-state index >= 15 is 0 Å². The molecule has 0 radical (unpaired) electrons. The zero-order chi connectivity index (χ0) is 27.9. The van der Waals surface area contributed by atoms with Gasteiger partial charge in [-0.25, -0.2) is 0 Å². The van der Waals surface area contributed by atoms with E-state index in [1.807, 2.05) is 26.0 Å². The molecule has 2 heterocycles. The molecule has 210 valence electrons. The summed E-state index contributed by atoms with van der Waals surface area (Å²) in [5.74, 6) is -2.38. The van der Waals surface area contributed by atoms with Crippen LogP contribution in [0.3, 0.4) is 0 Å². The molecule has 3 atom stereocenters. The number of amides is 2. The molecule has 38 heavy (non-hydrogen) atoms. The zero-order valence-corrected chi connectivity index (χ0v) is 23.7. The van der Waals surface area contributed by atoms with Gasteiger partial charge in [0.15, 0.2) is 0 Å². The van der Waals surface area contributed by atoms with Gasteiger partial charge in [0.1, 0.15) is 11.6 Å². The molecule has 1 aromatic carbocycles. The van der Waals surface area contributed by atoms with E-state index in [0.717, 1.165) is 48.7 Å². The first-order valence-corrected chi connectivity index (χ1v) is 14.1. The predicted molar refractivity (Wildman–Crippen MR) is 150 cm³/mol. The van der Waals surface area contributed by atoms with Crippen molar-refractivity contribution in [2.45, 2.75) is 91.3 Å². The molecule has 2 unspecified atom stereocenters. The molecule has 0 saturated heterocycles. The summed E-state index contributed by atoms with van der Waals surface area (Å²) in [5, 5.41) is 7.13. The van der Waals surface area contributed by atoms with E-state index in [4.69, 9.17) is 10.5 Å². The number of esters is 1. The van der Waals surface area contributed by atoms with Crippen LogP contribution >= 0.6 is 0 Å². The molecule has 8 nitrogen and oxygen atoms in total. The van der Waals surface area contributed by atoms with Crippen LogP contribution in [0.15, 0.2) is 30.5 Å². The van der Waals surface area contributed by atoms with Gasteiger partial charge in [0.05, 0.1) is 11.8 Å². The maximum Gasteiger partial charge on any atom is 0.311 e. The molecule has 1 aromatic heterocycles. The highest BCUT2D eigenvalue weighted by Crippen LogP contribution is 2.26. The highest BCUT2D eigenvalue weighted by Gasteiger charge is 2.37. The number of nitrogens with one attached hydrogen (secondary N) is 2. The third-order valence-corrected chi connectivity index (χ3v) is 7.06. The van der Waals surface area contributed by atoms with E-state index in [2.05, 4.69) is 33.5 Å². The summed E-state index contributed by atoms with van der Waals surface area (Å²) in [6, 6.07) is 7.42. The lowest BCUT2D eigenvalue weighted by Gasteiger charge is -2.30. The van der Waals surface area contributed by atoms with Gasteiger partial charge in [-0.1, -0.05) is 44.9 Å². The number of carbonyl (C=O) groups is 3. The lowest BCUT2D eigenvalue weighted by Crippen LogP contribution is -2.52. The number of fused-ring (bicyclic) bond motifs is 5. The Morgan fingerprint density at radius 3 is 2.53 bits per heavy atom. The fourth-order valence-corrected chi connectivity index (χ4v) is 5.24. The third kappa shape index (κ3) is 8.06. The van der Waals surface area contributed by atoms with Gasteiger partial charge < -0.3 is 25.7 Å². The molecule has 0 aliphatic carbocycles. The van der Waals surface area contributed by atoms with Crippen LogP contribution in [0.5, 0.6) is 0 Å². The lowest BCUT2D eigenvalue weighted by atomic mass is 9.84. The monoisotopic (exact) mass is 526 g/mol. The Kier molecular flexibility index (Phi) is 10.4. The van der Waals surface area contributed by atoms with Gasteiger partial charge in [-0.15, -0.1) is 0 Å². The van der Waals surface area contributed by atoms with Gasteiger partial charge in [-0.2, -0.15) is 0 Å². The van der Waals surface area contributed by atoms with E-state index in [1.165, 1.54) is 0 Å². The van der Waals surface area contributed by atoms with Gasteiger partial charge in [0.2, 0.25) is 11.8 Å². The van der Waals surface area contributed by atoms with E-state index in [1.54, 1.807) is 20.8 Å². The number of carbonyl (C=O) groups excluding carboxylic acids is 3. The maximum atomic E-state index is 13.8. The minimum atomic E-state index is -0.795. The second-order valence-corrected chi connectivity index (χ2v) is 11.9. The number of aromatic nitrogens is 1. The van der Waals surface area contributed by atoms with E-state index in [-0.39, 0.29) is 24.3 Å². The van der Waals surface area contributed by atoms with Gasteiger partial charge in [0, 0.05) is 43.2 Å². The van der Waals surface area contributed by atoms with Crippen LogP contribution in [0.4, 0.5) is 0 Å². The molecule has 0 fully saturated rings. The number of hydrogen-bond acceptors (Lipinski definition) is 5. The normalized spacial score (nSPS) is 19.0. The smallest absolute Gasteiger partial charge is 0.311 e. The fraction of sp³-hybridized carbons (Fsp3) is 0.633. The summed E-state index contributed by atoms with van der Waals surface area (Å²) in [7, 11) is 0. The van der Waals surface area contributed by atoms with Crippen LogP contribution in [0.2, 0.25) is 0 Å². The summed E-state index contributed by atoms with van der Waals surface area (Å²) in [6.07, 6.45) is 7.04. The summed E-state index contributed by atoms with van der Waals surface area (Å²) >= 11 is 0. The number of para-hydroxylation sites is 1. The second-order valence-electron chi connectivity index (χ2n) is 11.9. The molecule has 2 amide bonds. The Bertz CT molecular complexity index is 1100. The van der Waals surface area contributed by atoms with Crippen molar-refractivity contribution in [3.63, 3.8) is 0 Å². The van der Waals surface area contributed by atoms with Crippen molar-refractivity contribution in [1.29, 1.82) is 0 Å². The van der Waals surface area contributed by atoms with Crippen molar-refractivity contribution >= 4 is 28.7 Å². The van der Waals surface area contributed by atoms with E-state index in [9.17, 15) is 14.4 Å². The maximum absolute atomic E-state index is 13.8.